The molecule has 0 saturated carbocycles. The Balaban J connectivity index is 1.62. The molecule has 0 aliphatic rings. The SMILES string of the molecule is FC(F)(F)c1cccc2c(-c3cccc(NCc4ccccc4)c3)c(Cc3ccccc3)cnc12. The van der Waals surface area contributed by atoms with Gasteiger partial charge in [0.05, 0.1) is 11.1 Å². The minimum atomic E-state index is -4.48. The number of pyridine rings is 1. The van der Waals surface area contributed by atoms with Crippen LogP contribution in [0.2, 0.25) is 0 Å². The summed E-state index contributed by atoms with van der Waals surface area (Å²) in [5.74, 6) is 0. The largest absolute Gasteiger partial charge is 0.418 e. The first-order chi connectivity index (χ1) is 17.0. The number of halogens is 3. The highest BCUT2D eigenvalue weighted by Crippen LogP contribution is 2.39. The number of benzene rings is 4. The quantitative estimate of drug-likeness (QED) is 0.272. The zero-order valence-electron chi connectivity index (χ0n) is 18.9. The first kappa shape index (κ1) is 22.7. The van der Waals surface area contributed by atoms with E-state index in [0.29, 0.717) is 18.4 Å². The van der Waals surface area contributed by atoms with Crippen LogP contribution in [0.25, 0.3) is 22.0 Å². The lowest BCUT2D eigenvalue weighted by molar-refractivity contribution is -0.136. The molecular formula is C30H23F3N2. The normalized spacial score (nSPS) is 11.5. The Morgan fingerprint density at radius 1 is 0.714 bits per heavy atom. The molecule has 0 saturated heterocycles. The van der Waals surface area contributed by atoms with Crippen molar-refractivity contribution in [3.63, 3.8) is 0 Å². The molecule has 1 N–H and O–H groups in total. The molecule has 35 heavy (non-hydrogen) atoms. The van der Waals surface area contributed by atoms with E-state index in [2.05, 4.69) is 10.3 Å². The third kappa shape index (κ3) is 5.04. The van der Waals surface area contributed by atoms with Crippen LogP contribution in [0, 0.1) is 0 Å². The second-order valence-electron chi connectivity index (χ2n) is 8.44. The second-order valence-corrected chi connectivity index (χ2v) is 8.44. The third-order valence-corrected chi connectivity index (χ3v) is 6.01. The summed E-state index contributed by atoms with van der Waals surface area (Å²) in [6.45, 7) is 0.649. The van der Waals surface area contributed by atoms with Crippen molar-refractivity contribution in [2.75, 3.05) is 5.32 Å². The zero-order valence-corrected chi connectivity index (χ0v) is 18.9. The Morgan fingerprint density at radius 2 is 1.40 bits per heavy atom. The summed E-state index contributed by atoms with van der Waals surface area (Å²) in [7, 11) is 0. The molecule has 0 unspecified atom stereocenters. The molecule has 174 valence electrons. The van der Waals surface area contributed by atoms with E-state index in [-0.39, 0.29) is 5.52 Å². The summed E-state index contributed by atoms with van der Waals surface area (Å²) < 4.78 is 41.3. The van der Waals surface area contributed by atoms with Crippen LogP contribution in [0.5, 0.6) is 0 Å². The van der Waals surface area contributed by atoms with Gasteiger partial charge in [0.15, 0.2) is 0 Å². The molecule has 1 heterocycles. The second kappa shape index (κ2) is 9.63. The van der Waals surface area contributed by atoms with Crippen molar-refractivity contribution >= 4 is 16.6 Å². The number of fused-ring (bicyclic) bond motifs is 1. The van der Waals surface area contributed by atoms with Gasteiger partial charge in [-0.2, -0.15) is 13.2 Å². The predicted molar refractivity (Wildman–Crippen MR) is 135 cm³/mol. The maximum absolute atomic E-state index is 13.8. The first-order valence-corrected chi connectivity index (χ1v) is 11.4. The van der Waals surface area contributed by atoms with E-state index < -0.39 is 11.7 Å². The van der Waals surface area contributed by atoms with Crippen molar-refractivity contribution in [3.8, 4) is 11.1 Å². The topological polar surface area (TPSA) is 24.9 Å². The average molecular weight is 469 g/mol. The number of nitrogens with zero attached hydrogens (tertiary/aromatic N) is 1. The number of hydrogen-bond acceptors (Lipinski definition) is 2. The van der Waals surface area contributed by atoms with E-state index in [9.17, 15) is 13.2 Å². The Bertz CT molecular complexity index is 1450. The van der Waals surface area contributed by atoms with Crippen LogP contribution in [0.15, 0.2) is 109 Å². The fourth-order valence-corrected chi connectivity index (χ4v) is 4.37. The number of nitrogens with one attached hydrogen (secondary N) is 1. The Morgan fingerprint density at radius 3 is 2.11 bits per heavy atom. The first-order valence-electron chi connectivity index (χ1n) is 11.4. The van der Waals surface area contributed by atoms with Crippen molar-refractivity contribution in [2.45, 2.75) is 19.1 Å². The molecule has 0 bridgehead atoms. The van der Waals surface area contributed by atoms with E-state index in [0.717, 1.165) is 39.6 Å². The lowest BCUT2D eigenvalue weighted by atomic mass is 9.91. The molecule has 0 spiro atoms. The lowest BCUT2D eigenvalue weighted by Crippen LogP contribution is -2.07. The van der Waals surface area contributed by atoms with E-state index in [4.69, 9.17) is 0 Å². The highest BCUT2D eigenvalue weighted by molar-refractivity contribution is 5.98. The van der Waals surface area contributed by atoms with Crippen LogP contribution in [0.3, 0.4) is 0 Å². The van der Waals surface area contributed by atoms with Crippen LogP contribution < -0.4 is 5.32 Å². The van der Waals surface area contributed by atoms with Gasteiger partial charge in [0.25, 0.3) is 0 Å². The molecule has 2 nitrogen and oxygen atoms in total. The summed E-state index contributed by atoms with van der Waals surface area (Å²) in [6.07, 6.45) is -2.33. The number of aromatic nitrogens is 1. The molecule has 0 aliphatic heterocycles. The van der Waals surface area contributed by atoms with Gasteiger partial charge in [-0.15, -0.1) is 0 Å². The van der Waals surface area contributed by atoms with Gasteiger partial charge in [0, 0.05) is 23.8 Å². The Labute approximate surface area is 202 Å². The van der Waals surface area contributed by atoms with E-state index >= 15 is 0 Å². The van der Waals surface area contributed by atoms with Crippen LogP contribution in [-0.4, -0.2) is 4.98 Å². The van der Waals surface area contributed by atoms with Gasteiger partial charge in [0.1, 0.15) is 0 Å². The third-order valence-electron chi connectivity index (χ3n) is 6.01. The van der Waals surface area contributed by atoms with Gasteiger partial charge in [-0.05, 0) is 52.4 Å². The maximum Gasteiger partial charge on any atom is 0.418 e. The average Bonchev–Trinajstić information content (AvgIpc) is 2.88. The summed E-state index contributed by atoms with van der Waals surface area (Å²) >= 11 is 0. The highest BCUT2D eigenvalue weighted by atomic mass is 19.4. The van der Waals surface area contributed by atoms with Crippen molar-refractivity contribution < 1.29 is 13.2 Å². The van der Waals surface area contributed by atoms with Gasteiger partial charge < -0.3 is 5.32 Å². The molecule has 1 aromatic heterocycles. The highest BCUT2D eigenvalue weighted by Gasteiger charge is 2.33. The van der Waals surface area contributed by atoms with Gasteiger partial charge in [-0.1, -0.05) is 84.9 Å². The molecular weight excluding hydrogens is 445 g/mol. The van der Waals surface area contributed by atoms with Crippen LogP contribution >= 0.6 is 0 Å². The van der Waals surface area contributed by atoms with Gasteiger partial charge in [0.2, 0.25) is 0 Å². The Kier molecular flexibility index (Phi) is 6.23. The molecule has 4 aromatic carbocycles. The summed E-state index contributed by atoms with van der Waals surface area (Å²) in [5, 5.41) is 3.92. The maximum atomic E-state index is 13.8. The monoisotopic (exact) mass is 468 g/mol. The number of rotatable bonds is 6. The summed E-state index contributed by atoms with van der Waals surface area (Å²) in [4.78, 5) is 4.29. The van der Waals surface area contributed by atoms with Crippen LogP contribution in [0.4, 0.5) is 18.9 Å². The predicted octanol–water partition coefficient (Wildman–Crippen LogP) is 8.12. The molecule has 0 radical (unpaired) electrons. The molecule has 5 rings (SSSR count). The smallest absolute Gasteiger partial charge is 0.381 e. The Hall–Kier alpha value is -4.12. The van der Waals surface area contributed by atoms with Crippen molar-refractivity contribution in [3.05, 3.63) is 132 Å². The number of para-hydroxylation sites is 1. The van der Waals surface area contributed by atoms with Crippen molar-refractivity contribution in [2.24, 2.45) is 0 Å². The minimum Gasteiger partial charge on any atom is -0.381 e. The standard InChI is InChI=1S/C30H23F3N2/c31-30(32,33)27-16-8-15-26-28(24(20-35-29(26)27)17-21-9-3-1-4-10-21)23-13-7-14-25(18-23)34-19-22-11-5-2-6-12-22/h1-16,18,20,34H,17,19H2. The van der Waals surface area contributed by atoms with Crippen LogP contribution in [-0.2, 0) is 19.1 Å². The molecule has 0 fully saturated rings. The summed E-state index contributed by atoms with van der Waals surface area (Å²) in [6, 6.07) is 32.0. The van der Waals surface area contributed by atoms with Gasteiger partial charge >= 0.3 is 6.18 Å². The van der Waals surface area contributed by atoms with Gasteiger partial charge in [-0.25, -0.2) is 0 Å². The summed E-state index contributed by atoms with van der Waals surface area (Å²) in [5.41, 5.74) is 4.86. The van der Waals surface area contributed by atoms with Gasteiger partial charge in [-0.3, -0.25) is 4.98 Å². The lowest BCUT2D eigenvalue weighted by Gasteiger charge is -2.17. The molecule has 5 aromatic rings. The fraction of sp³-hybridized carbons (Fsp3) is 0.100. The van der Waals surface area contributed by atoms with Crippen molar-refractivity contribution in [1.29, 1.82) is 0 Å². The zero-order chi connectivity index (χ0) is 24.3. The molecule has 0 amide bonds. The number of alkyl halides is 3. The van der Waals surface area contributed by atoms with E-state index in [1.54, 1.807) is 12.3 Å². The number of anilines is 1. The molecule has 0 atom stereocenters. The van der Waals surface area contributed by atoms with E-state index in [1.807, 2.05) is 84.9 Å². The van der Waals surface area contributed by atoms with E-state index in [1.165, 1.54) is 6.07 Å². The molecule has 5 heteroatoms. The van der Waals surface area contributed by atoms with Crippen LogP contribution in [0.1, 0.15) is 22.3 Å². The minimum absolute atomic E-state index is 0.0329. The van der Waals surface area contributed by atoms with Crippen molar-refractivity contribution in [1.82, 2.24) is 4.98 Å². The number of hydrogen-bond donors (Lipinski definition) is 1. The molecule has 0 aliphatic carbocycles. The fourth-order valence-electron chi connectivity index (χ4n) is 4.37.